The molecule has 2 aromatic rings. The second-order valence-electron chi connectivity index (χ2n) is 4.82. The Balaban J connectivity index is 1.95. The second kappa shape index (κ2) is 6.80. The summed E-state index contributed by atoms with van der Waals surface area (Å²) < 4.78 is 40.4. The lowest BCUT2D eigenvalue weighted by atomic mass is 10.2. The van der Waals surface area contributed by atoms with Crippen LogP contribution >= 0.6 is 0 Å². The van der Waals surface area contributed by atoms with Crippen molar-refractivity contribution < 1.29 is 12.8 Å². The summed E-state index contributed by atoms with van der Waals surface area (Å²) in [5, 5.41) is 4.01. The molecule has 0 aliphatic heterocycles. The highest BCUT2D eigenvalue weighted by Crippen LogP contribution is 2.07. The van der Waals surface area contributed by atoms with Gasteiger partial charge in [-0.1, -0.05) is 12.1 Å². The van der Waals surface area contributed by atoms with Gasteiger partial charge in [0.2, 0.25) is 10.0 Å². The third-order valence-corrected chi connectivity index (χ3v) is 4.25. The standard InChI is InChI=1S/C14H16FN3O3S/c1-11-5-6-14(19)18(17-11)8-7-16-22(20,21)10-12-3-2-4-13(15)9-12/h2-6,9,16H,7-8,10H2,1H3. The Labute approximate surface area is 127 Å². The van der Waals surface area contributed by atoms with Crippen molar-refractivity contribution >= 4 is 10.0 Å². The maximum atomic E-state index is 13.0. The van der Waals surface area contributed by atoms with Gasteiger partial charge in [-0.3, -0.25) is 4.79 Å². The molecule has 0 saturated heterocycles. The van der Waals surface area contributed by atoms with Gasteiger partial charge in [0.05, 0.1) is 18.0 Å². The minimum absolute atomic E-state index is 0.0357. The minimum Gasteiger partial charge on any atom is -0.268 e. The van der Waals surface area contributed by atoms with E-state index in [0.717, 1.165) is 0 Å². The Hall–Kier alpha value is -2.06. The highest BCUT2D eigenvalue weighted by atomic mass is 32.2. The van der Waals surface area contributed by atoms with Crippen molar-refractivity contribution in [1.29, 1.82) is 0 Å². The van der Waals surface area contributed by atoms with Crippen LogP contribution in [0.1, 0.15) is 11.3 Å². The van der Waals surface area contributed by atoms with Crippen LogP contribution < -0.4 is 10.3 Å². The zero-order valence-corrected chi connectivity index (χ0v) is 12.8. The Kier molecular flexibility index (Phi) is 5.04. The van der Waals surface area contributed by atoms with Crippen LogP contribution in [0.5, 0.6) is 0 Å². The van der Waals surface area contributed by atoms with Gasteiger partial charge in [0.1, 0.15) is 5.82 Å². The molecule has 0 amide bonds. The summed E-state index contributed by atoms with van der Waals surface area (Å²) in [5.41, 5.74) is 0.732. The molecule has 0 unspecified atom stereocenters. The number of hydrogen-bond acceptors (Lipinski definition) is 4. The van der Waals surface area contributed by atoms with E-state index in [4.69, 9.17) is 0 Å². The minimum atomic E-state index is -3.60. The smallest absolute Gasteiger partial charge is 0.266 e. The Morgan fingerprint density at radius 3 is 2.77 bits per heavy atom. The molecule has 118 valence electrons. The fourth-order valence-electron chi connectivity index (χ4n) is 1.92. The van der Waals surface area contributed by atoms with E-state index in [1.54, 1.807) is 13.0 Å². The number of rotatable bonds is 6. The molecule has 0 atom stereocenters. The van der Waals surface area contributed by atoms with Gasteiger partial charge in [0.15, 0.2) is 0 Å². The Bertz CT molecular complexity index is 818. The number of benzene rings is 1. The summed E-state index contributed by atoms with van der Waals surface area (Å²) in [6, 6.07) is 8.38. The molecular weight excluding hydrogens is 309 g/mol. The molecule has 0 aliphatic rings. The highest BCUT2D eigenvalue weighted by molar-refractivity contribution is 7.88. The Morgan fingerprint density at radius 2 is 2.05 bits per heavy atom. The van der Waals surface area contributed by atoms with Crippen LogP contribution in [0.4, 0.5) is 4.39 Å². The lowest BCUT2D eigenvalue weighted by molar-refractivity contribution is 0.543. The first-order valence-corrected chi connectivity index (χ1v) is 8.27. The predicted molar refractivity (Wildman–Crippen MR) is 80.3 cm³/mol. The summed E-state index contributed by atoms with van der Waals surface area (Å²) in [6.07, 6.45) is 0. The summed E-state index contributed by atoms with van der Waals surface area (Å²) in [6.45, 7) is 1.90. The number of aryl methyl sites for hydroxylation is 1. The molecule has 0 saturated carbocycles. The van der Waals surface area contributed by atoms with Crippen molar-refractivity contribution in [2.75, 3.05) is 6.54 Å². The average Bonchev–Trinajstić information content (AvgIpc) is 2.42. The molecule has 0 spiro atoms. The summed E-state index contributed by atoms with van der Waals surface area (Å²) in [7, 11) is -3.60. The maximum Gasteiger partial charge on any atom is 0.266 e. The van der Waals surface area contributed by atoms with Gasteiger partial charge in [-0.05, 0) is 30.7 Å². The monoisotopic (exact) mass is 325 g/mol. The molecule has 22 heavy (non-hydrogen) atoms. The van der Waals surface area contributed by atoms with Gasteiger partial charge in [-0.2, -0.15) is 5.10 Å². The van der Waals surface area contributed by atoms with Crippen molar-refractivity contribution in [1.82, 2.24) is 14.5 Å². The first kappa shape index (κ1) is 16.3. The SMILES string of the molecule is Cc1ccc(=O)n(CCNS(=O)(=O)Cc2cccc(F)c2)n1. The third kappa shape index (κ3) is 4.74. The van der Waals surface area contributed by atoms with Crippen LogP contribution in [-0.2, 0) is 22.3 Å². The van der Waals surface area contributed by atoms with Gasteiger partial charge in [0, 0.05) is 12.6 Å². The summed E-state index contributed by atoms with van der Waals surface area (Å²) in [4.78, 5) is 11.5. The Morgan fingerprint density at radius 1 is 1.27 bits per heavy atom. The van der Waals surface area contributed by atoms with Crippen LogP contribution in [0.15, 0.2) is 41.2 Å². The van der Waals surface area contributed by atoms with Crippen molar-refractivity contribution in [2.24, 2.45) is 0 Å². The number of sulfonamides is 1. The first-order chi connectivity index (χ1) is 10.4. The molecule has 1 heterocycles. The summed E-state index contributed by atoms with van der Waals surface area (Å²) >= 11 is 0. The number of halogens is 1. The normalized spacial score (nSPS) is 11.5. The van der Waals surface area contributed by atoms with Crippen LogP contribution in [0.2, 0.25) is 0 Å². The number of nitrogens with one attached hydrogen (secondary N) is 1. The van der Waals surface area contributed by atoms with Crippen LogP contribution in [-0.4, -0.2) is 24.7 Å². The van der Waals surface area contributed by atoms with Crippen molar-refractivity contribution in [2.45, 2.75) is 19.2 Å². The van der Waals surface area contributed by atoms with E-state index in [2.05, 4.69) is 9.82 Å². The molecule has 1 aromatic heterocycles. The fraction of sp³-hybridized carbons (Fsp3) is 0.286. The van der Waals surface area contributed by atoms with E-state index in [1.165, 1.54) is 35.0 Å². The lowest BCUT2D eigenvalue weighted by Crippen LogP contribution is -2.32. The molecule has 1 N–H and O–H groups in total. The maximum absolute atomic E-state index is 13.0. The predicted octanol–water partition coefficient (Wildman–Crippen LogP) is 0.810. The largest absolute Gasteiger partial charge is 0.268 e. The number of hydrogen-bond donors (Lipinski definition) is 1. The van der Waals surface area contributed by atoms with Crippen molar-refractivity contribution in [3.05, 3.63) is 63.8 Å². The molecule has 0 radical (unpaired) electrons. The lowest BCUT2D eigenvalue weighted by Gasteiger charge is -2.08. The molecular formula is C14H16FN3O3S. The van der Waals surface area contributed by atoms with Crippen LogP contribution in [0.3, 0.4) is 0 Å². The van der Waals surface area contributed by atoms with Gasteiger partial charge in [-0.15, -0.1) is 0 Å². The van der Waals surface area contributed by atoms with Gasteiger partial charge in [0.25, 0.3) is 5.56 Å². The van der Waals surface area contributed by atoms with Crippen molar-refractivity contribution in [3.8, 4) is 0 Å². The van der Waals surface area contributed by atoms with Gasteiger partial charge < -0.3 is 0 Å². The second-order valence-corrected chi connectivity index (χ2v) is 6.63. The quantitative estimate of drug-likeness (QED) is 0.852. The van der Waals surface area contributed by atoms with Crippen LogP contribution in [0.25, 0.3) is 0 Å². The highest BCUT2D eigenvalue weighted by Gasteiger charge is 2.11. The summed E-state index contributed by atoms with van der Waals surface area (Å²) in [5.74, 6) is -0.802. The van der Waals surface area contributed by atoms with E-state index < -0.39 is 15.8 Å². The zero-order chi connectivity index (χ0) is 16.2. The molecule has 2 rings (SSSR count). The molecule has 0 aliphatic carbocycles. The van der Waals surface area contributed by atoms with E-state index >= 15 is 0 Å². The van der Waals surface area contributed by atoms with Gasteiger partial charge in [-0.25, -0.2) is 22.2 Å². The number of nitrogens with zero attached hydrogens (tertiary/aromatic N) is 2. The average molecular weight is 325 g/mol. The third-order valence-electron chi connectivity index (χ3n) is 2.89. The molecule has 1 aromatic carbocycles. The molecule has 0 fully saturated rings. The van der Waals surface area contributed by atoms with Crippen molar-refractivity contribution in [3.63, 3.8) is 0 Å². The number of aromatic nitrogens is 2. The molecule has 0 bridgehead atoms. The van der Waals surface area contributed by atoms with Crippen LogP contribution in [0, 0.1) is 12.7 Å². The van der Waals surface area contributed by atoms with Gasteiger partial charge >= 0.3 is 0 Å². The zero-order valence-electron chi connectivity index (χ0n) is 12.0. The van der Waals surface area contributed by atoms with E-state index in [0.29, 0.717) is 11.3 Å². The van der Waals surface area contributed by atoms with E-state index in [-0.39, 0.29) is 24.4 Å². The van der Waals surface area contributed by atoms with E-state index in [9.17, 15) is 17.6 Å². The topological polar surface area (TPSA) is 81.1 Å². The molecule has 6 nitrogen and oxygen atoms in total. The molecule has 8 heteroatoms. The first-order valence-electron chi connectivity index (χ1n) is 6.62. The fourth-order valence-corrected chi connectivity index (χ4v) is 3.04. The van der Waals surface area contributed by atoms with E-state index in [1.807, 2.05) is 0 Å².